The third-order valence-corrected chi connectivity index (χ3v) is 3.03. The van der Waals surface area contributed by atoms with E-state index in [1.807, 2.05) is 0 Å². The van der Waals surface area contributed by atoms with Gasteiger partial charge in [0.25, 0.3) is 0 Å². The molecule has 0 amide bonds. The molecule has 7 heteroatoms. The van der Waals surface area contributed by atoms with E-state index in [9.17, 15) is 17.6 Å². The molecule has 1 aromatic carbocycles. The van der Waals surface area contributed by atoms with Gasteiger partial charge in [-0.25, -0.2) is 9.37 Å². The maximum atomic E-state index is 13.6. The van der Waals surface area contributed by atoms with Crippen molar-refractivity contribution in [1.82, 2.24) is 4.98 Å². The van der Waals surface area contributed by atoms with E-state index in [-0.39, 0.29) is 5.69 Å². The zero-order valence-electron chi connectivity index (χ0n) is 10.2. The summed E-state index contributed by atoms with van der Waals surface area (Å²) in [7, 11) is 0. The van der Waals surface area contributed by atoms with Gasteiger partial charge in [-0.2, -0.15) is 13.2 Å². The molecule has 0 atom stereocenters. The van der Waals surface area contributed by atoms with Crippen molar-refractivity contribution in [2.45, 2.75) is 13.1 Å². The maximum absolute atomic E-state index is 13.6. The van der Waals surface area contributed by atoms with Gasteiger partial charge in [0.1, 0.15) is 11.6 Å². The van der Waals surface area contributed by atoms with Crippen LogP contribution in [0, 0.1) is 12.7 Å². The fraction of sp³-hybridized carbons (Fsp3) is 0.154. The predicted octanol–water partition coefficient (Wildman–Crippen LogP) is 5.05. The topological polar surface area (TPSA) is 24.9 Å². The van der Waals surface area contributed by atoms with E-state index in [0.29, 0.717) is 17.4 Å². The molecule has 1 heterocycles. The van der Waals surface area contributed by atoms with Crippen LogP contribution < -0.4 is 5.32 Å². The van der Waals surface area contributed by atoms with Gasteiger partial charge >= 0.3 is 6.18 Å². The first kappa shape index (κ1) is 14.8. The largest absolute Gasteiger partial charge is 0.416 e. The summed E-state index contributed by atoms with van der Waals surface area (Å²) in [4.78, 5) is 4.00. The summed E-state index contributed by atoms with van der Waals surface area (Å²) in [5, 5.41) is 2.57. The van der Waals surface area contributed by atoms with Crippen molar-refractivity contribution >= 4 is 27.4 Å². The van der Waals surface area contributed by atoms with Crippen molar-refractivity contribution in [3.63, 3.8) is 0 Å². The molecule has 2 rings (SSSR count). The lowest BCUT2D eigenvalue weighted by Gasteiger charge is -2.12. The Morgan fingerprint density at radius 2 is 1.90 bits per heavy atom. The van der Waals surface area contributed by atoms with Crippen molar-refractivity contribution in [3.8, 4) is 0 Å². The molecule has 20 heavy (non-hydrogen) atoms. The maximum Gasteiger partial charge on any atom is 0.416 e. The van der Waals surface area contributed by atoms with Crippen LogP contribution in [0.4, 0.5) is 29.1 Å². The number of aromatic nitrogens is 1. The van der Waals surface area contributed by atoms with Crippen LogP contribution in [0.2, 0.25) is 0 Å². The van der Waals surface area contributed by atoms with E-state index in [1.165, 1.54) is 6.20 Å². The SMILES string of the molecule is Cc1cc(Br)cnc1Nc1cc(C(F)(F)F)ccc1F. The van der Waals surface area contributed by atoms with Crippen molar-refractivity contribution in [2.24, 2.45) is 0 Å². The molecule has 0 fully saturated rings. The highest BCUT2D eigenvalue weighted by Crippen LogP contribution is 2.33. The quantitative estimate of drug-likeness (QED) is 0.767. The Hall–Kier alpha value is -1.63. The minimum absolute atomic E-state index is 0.266. The first-order chi connectivity index (χ1) is 9.27. The van der Waals surface area contributed by atoms with Crippen LogP contribution in [-0.4, -0.2) is 4.98 Å². The first-order valence-corrected chi connectivity index (χ1v) is 6.32. The fourth-order valence-electron chi connectivity index (χ4n) is 1.60. The van der Waals surface area contributed by atoms with Gasteiger partial charge in [0.2, 0.25) is 0 Å². The van der Waals surface area contributed by atoms with Gasteiger partial charge in [-0.3, -0.25) is 0 Å². The Kier molecular flexibility index (Phi) is 3.99. The Morgan fingerprint density at radius 1 is 1.20 bits per heavy atom. The molecule has 0 saturated carbocycles. The third-order valence-electron chi connectivity index (χ3n) is 2.59. The molecule has 0 unspecified atom stereocenters. The van der Waals surface area contributed by atoms with Crippen molar-refractivity contribution in [1.29, 1.82) is 0 Å². The number of hydrogen-bond donors (Lipinski definition) is 1. The molecular formula is C13H9BrF4N2. The lowest BCUT2D eigenvalue weighted by molar-refractivity contribution is -0.137. The number of anilines is 2. The highest BCUT2D eigenvalue weighted by atomic mass is 79.9. The van der Waals surface area contributed by atoms with Gasteiger partial charge in [0.15, 0.2) is 0 Å². The summed E-state index contributed by atoms with van der Waals surface area (Å²) in [5.41, 5.74) is -0.509. The second kappa shape index (κ2) is 5.40. The summed E-state index contributed by atoms with van der Waals surface area (Å²) in [6.45, 7) is 1.71. The summed E-state index contributed by atoms with van der Waals surface area (Å²) in [5.74, 6) is -0.478. The number of pyridine rings is 1. The highest BCUT2D eigenvalue weighted by Gasteiger charge is 2.31. The standard InChI is InChI=1S/C13H9BrF4N2/c1-7-4-9(14)6-19-12(7)20-11-5-8(13(16,17)18)2-3-10(11)15/h2-6H,1H3,(H,19,20). The van der Waals surface area contributed by atoms with E-state index in [4.69, 9.17) is 0 Å². The Labute approximate surface area is 121 Å². The molecular weight excluding hydrogens is 340 g/mol. The van der Waals surface area contributed by atoms with Crippen LogP contribution >= 0.6 is 15.9 Å². The monoisotopic (exact) mass is 348 g/mol. The van der Waals surface area contributed by atoms with Gasteiger partial charge in [0, 0.05) is 10.7 Å². The summed E-state index contributed by atoms with van der Waals surface area (Å²) < 4.78 is 52.1. The summed E-state index contributed by atoms with van der Waals surface area (Å²) in [6.07, 6.45) is -3.05. The lowest BCUT2D eigenvalue weighted by atomic mass is 10.2. The third kappa shape index (κ3) is 3.27. The Morgan fingerprint density at radius 3 is 2.50 bits per heavy atom. The summed E-state index contributed by atoms with van der Waals surface area (Å²) >= 11 is 3.22. The van der Waals surface area contributed by atoms with Crippen molar-refractivity contribution < 1.29 is 17.6 Å². The fourth-order valence-corrected chi connectivity index (χ4v) is 2.04. The number of alkyl halides is 3. The van der Waals surface area contributed by atoms with Gasteiger partial charge in [0.05, 0.1) is 11.3 Å². The molecule has 0 aliphatic heterocycles. The molecule has 2 nitrogen and oxygen atoms in total. The smallest absolute Gasteiger partial charge is 0.338 e. The van der Waals surface area contributed by atoms with Crippen LogP contribution in [0.3, 0.4) is 0 Å². The molecule has 0 saturated heterocycles. The Bertz CT molecular complexity index is 641. The van der Waals surface area contributed by atoms with Crippen molar-refractivity contribution in [3.05, 3.63) is 51.9 Å². The Balaban J connectivity index is 2.38. The van der Waals surface area contributed by atoms with Crippen LogP contribution in [-0.2, 0) is 6.18 Å². The van der Waals surface area contributed by atoms with E-state index in [2.05, 4.69) is 26.2 Å². The van der Waals surface area contributed by atoms with Crippen LogP contribution in [0.1, 0.15) is 11.1 Å². The van der Waals surface area contributed by atoms with Crippen LogP contribution in [0.15, 0.2) is 34.9 Å². The predicted molar refractivity (Wildman–Crippen MR) is 71.4 cm³/mol. The molecule has 106 valence electrons. The average Bonchev–Trinajstić information content (AvgIpc) is 2.33. The number of nitrogens with one attached hydrogen (secondary N) is 1. The molecule has 0 bridgehead atoms. The number of benzene rings is 1. The number of aryl methyl sites for hydroxylation is 1. The first-order valence-electron chi connectivity index (χ1n) is 5.53. The lowest BCUT2D eigenvalue weighted by Crippen LogP contribution is -2.07. The number of halogens is 5. The van der Waals surface area contributed by atoms with Gasteiger partial charge in [-0.1, -0.05) is 0 Å². The van der Waals surface area contributed by atoms with Crippen LogP contribution in [0.5, 0.6) is 0 Å². The average molecular weight is 349 g/mol. The van der Waals surface area contributed by atoms with Gasteiger partial charge in [-0.15, -0.1) is 0 Å². The van der Waals surface area contributed by atoms with Gasteiger partial charge in [-0.05, 0) is 52.7 Å². The molecule has 0 aliphatic rings. The van der Waals surface area contributed by atoms with Crippen molar-refractivity contribution in [2.75, 3.05) is 5.32 Å². The summed E-state index contributed by atoms with van der Waals surface area (Å²) in [6, 6.07) is 3.92. The number of nitrogens with zero attached hydrogens (tertiary/aromatic N) is 1. The molecule has 2 aromatic rings. The second-order valence-electron chi connectivity index (χ2n) is 4.14. The van der Waals surface area contributed by atoms with Crippen LogP contribution in [0.25, 0.3) is 0 Å². The molecule has 1 N–H and O–H groups in total. The zero-order valence-corrected chi connectivity index (χ0v) is 11.8. The minimum Gasteiger partial charge on any atom is -0.338 e. The van der Waals surface area contributed by atoms with Gasteiger partial charge < -0.3 is 5.32 Å². The minimum atomic E-state index is -4.52. The highest BCUT2D eigenvalue weighted by molar-refractivity contribution is 9.10. The number of hydrogen-bond acceptors (Lipinski definition) is 2. The van der Waals surface area contributed by atoms with E-state index in [0.717, 1.165) is 16.6 Å². The normalized spacial score (nSPS) is 11.5. The second-order valence-corrected chi connectivity index (χ2v) is 5.05. The van der Waals surface area contributed by atoms with E-state index >= 15 is 0 Å². The molecule has 0 spiro atoms. The van der Waals surface area contributed by atoms with E-state index < -0.39 is 17.6 Å². The van der Waals surface area contributed by atoms with E-state index in [1.54, 1.807) is 13.0 Å². The zero-order chi connectivity index (χ0) is 14.9. The molecule has 1 aromatic heterocycles. The number of rotatable bonds is 2. The molecule has 0 radical (unpaired) electrons. The molecule has 0 aliphatic carbocycles.